The number of anilines is 1. The Morgan fingerprint density at radius 2 is 2.29 bits per heavy atom. The van der Waals surface area contributed by atoms with Crippen LogP contribution in [0, 0.1) is 5.92 Å². The van der Waals surface area contributed by atoms with E-state index in [1.54, 1.807) is 12.1 Å². The second-order valence-corrected chi connectivity index (χ2v) is 5.09. The lowest BCUT2D eigenvalue weighted by molar-refractivity contribution is -0.184. The zero-order valence-corrected chi connectivity index (χ0v) is 11.8. The number of halogens is 3. The normalized spacial score (nSPS) is 19.4. The second kappa shape index (κ2) is 6.32. The maximum atomic E-state index is 12.8. The lowest BCUT2D eigenvalue weighted by Crippen LogP contribution is -2.44. The van der Waals surface area contributed by atoms with Crippen molar-refractivity contribution in [3.05, 3.63) is 24.0 Å². The Hall–Kier alpha value is -1.79. The summed E-state index contributed by atoms with van der Waals surface area (Å²) in [5.41, 5.74) is 0.913. The van der Waals surface area contributed by atoms with E-state index < -0.39 is 18.0 Å². The highest BCUT2D eigenvalue weighted by atomic mass is 19.4. The van der Waals surface area contributed by atoms with E-state index >= 15 is 0 Å². The van der Waals surface area contributed by atoms with Gasteiger partial charge in [-0.3, -0.25) is 9.78 Å². The number of carbonyl (C=O) groups is 1. The maximum Gasteiger partial charge on any atom is 0.393 e. The first-order chi connectivity index (χ1) is 9.91. The Morgan fingerprint density at radius 3 is 2.95 bits per heavy atom. The molecule has 2 heterocycles. The molecule has 1 aromatic rings. The zero-order chi connectivity index (χ0) is 15.5. The van der Waals surface area contributed by atoms with Gasteiger partial charge in [-0.05, 0) is 31.9 Å². The van der Waals surface area contributed by atoms with Crippen molar-refractivity contribution in [3.8, 4) is 0 Å². The standard InChI is InChI=1S/C14H18F3N3O/c1-2-18-11-5-6-19-12(8-11)13(21)20-7-3-4-10(9-20)14(15,16)17/h5-6,8,10H,2-4,7,9H2,1H3,(H,18,19). The van der Waals surface area contributed by atoms with Crippen LogP contribution in [-0.4, -0.2) is 41.6 Å². The Labute approximate surface area is 121 Å². The molecule has 116 valence electrons. The predicted octanol–water partition coefficient (Wildman–Crippen LogP) is 2.93. The molecule has 0 aromatic carbocycles. The summed E-state index contributed by atoms with van der Waals surface area (Å²) in [5, 5.41) is 3.05. The van der Waals surface area contributed by atoms with Gasteiger partial charge in [0.05, 0.1) is 5.92 Å². The fraction of sp³-hybridized carbons (Fsp3) is 0.571. The first-order valence-electron chi connectivity index (χ1n) is 6.97. The SMILES string of the molecule is CCNc1ccnc(C(=O)N2CCCC(C(F)(F)F)C2)c1. The average Bonchev–Trinajstić information content (AvgIpc) is 2.46. The number of aromatic nitrogens is 1. The average molecular weight is 301 g/mol. The van der Waals surface area contributed by atoms with Crippen molar-refractivity contribution in [2.75, 3.05) is 25.0 Å². The number of nitrogens with zero attached hydrogens (tertiary/aromatic N) is 2. The molecule has 0 spiro atoms. The van der Waals surface area contributed by atoms with Crippen molar-refractivity contribution in [1.82, 2.24) is 9.88 Å². The zero-order valence-electron chi connectivity index (χ0n) is 11.8. The predicted molar refractivity (Wildman–Crippen MR) is 73.1 cm³/mol. The molecule has 0 radical (unpaired) electrons. The van der Waals surface area contributed by atoms with E-state index in [1.165, 1.54) is 11.1 Å². The summed E-state index contributed by atoms with van der Waals surface area (Å²) >= 11 is 0. The van der Waals surface area contributed by atoms with Gasteiger partial charge in [0.25, 0.3) is 5.91 Å². The van der Waals surface area contributed by atoms with E-state index in [1.807, 2.05) is 6.92 Å². The molecule has 0 bridgehead atoms. The molecule has 4 nitrogen and oxygen atoms in total. The third-order valence-corrected chi connectivity index (χ3v) is 3.53. The fourth-order valence-corrected chi connectivity index (χ4v) is 2.45. The summed E-state index contributed by atoms with van der Waals surface area (Å²) < 4.78 is 38.3. The van der Waals surface area contributed by atoms with Crippen LogP contribution in [0.5, 0.6) is 0 Å². The van der Waals surface area contributed by atoms with Crippen LogP contribution in [0.15, 0.2) is 18.3 Å². The largest absolute Gasteiger partial charge is 0.393 e. The van der Waals surface area contributed by atoms with E-state index in [2.05, 4.69) is 10.3 Å². The molecule has 1 saturated heterocycles. The molecule has 1 fully saturated rings. The number of pyridine rings is 1. The lowest BCUT2D eigenvalue weighted by Gasteiger charge is -2.33. The highest BCUT2D eigenvalue weighted by Crippen LogP contribution is 2.33. The lowest BCUT2D eigenvalue weighted by atomic mass is 9.97. The quantitative estimate of drug-likeness (QED) is 0.933. The van der Waals surface area contributed by atoms with Gasteiger partial charge < -0.3 is 10.2 Å². The summed E-state index contributed by atoms with van der Waals surface area (Å²) in [6.45, 7) is 2.67. The molecule has 1 unspecified atom stereocenters. The van der Waals surface area contributed by atoms with Crippen molar-refractivity contribution in [2.24, 2.45) is 5.92 Å². The number of carbonyl (C=O) groups excluding carboxylic acids is 1. The molecular formula is C14H18F3N3O. The highest BCUT2D eigenvalue weighted by Gasteiger charge is 2.42. The summed E-state index contributed by atoms with van der Waals surface area (Å²) in [4.78, 5) is 17.5. The van der Waals surface area contributed by atoms with Crippen molar-refractivity contribution in [1.29, 1.82) is 0 Å². The molecular weight excluding hydrogens is 283 g/mol. The van der Waals surface area contributed by atoms with Gasteiger partial charge in [-0.1, -0.05) is 0 Å². The van der Waals surface area contributed by atoms with Crippen molar-refractivity contribution in [2.45, 2.75) is 25.9 Å². The number of alkyl halides is 3. The minimum Gasteiger partial charge on any atom is -0.385 e. The van der Waals surface area contributed by atoms with Crippen LogP contribution in [0.4, 0.5) is 18.9 Å². The van der Waals surface area contributed by atoms with Crippen LogP contribution < -0.4 is 5.32 Å². The van der Waals surface area contributed by atoms with Crippen LogP contribution >= 0.6 is 0 Å². The minimum absolute atomic E-state index is 0.0815. The monoisotopic (exact) mass is 301 g/mol. The summed E-state index contributed by atoms with van der Waals surface area (Å²) in [6, 6.07) is 3.29. The van der Waals surface area contributed by atoms with Gasteiger partial charge in [0, 0.05) is 31.5 Å². The molecule has 7 heteroatoms. The maximum absolute atomic E-state index is 12.8. The number of rotatable bonds is 3. The Kier molecular flexibility index (Phi) is 4.69. The molecule has 21 heavy (non-hydrogen) atoms. The smallest absolute Gasteiger partial charge is 0.385 e. The van der Waals surface area contributed by atoms with E-state index in [0.717, 1.165) is 5.69 Å². The van der Waals surface area contributed by atoms with E-state index in [4.69, 9.17) is 0 Å². The van der Waals surface area contributed by atoms with Crippen LogP contribution in [0.2, 0.25) is 0 Å². The molecule has 0 aliphatic carbocycles. The molecule has 0 saturated carbocycles. The number of piperidine rings is 1. The van der Waals surface area contributed by atoms with Gasteiger partial charge >= 0.3 is 6.18 Å². The van der Waals surface area contributed by atoms with Crippen LogP contribution in [-0.2, 0) is 0 Å². The third kappa shape index (κ3) is 3.86. The van der Waals surface area contributed by atoms with E-state index in [-0.39, 0.29) is 18.7 Å². The first kappa shape index (κ1) is 15.6. The van der Waals surface area contributed by atoms with Gasteiger partial charge in [-0.15, -0.1) is 0 Å². The van der Waals surface area contributed by atoms with Crippen molar-refractivity contribution >= 4 is 11.6 Å². The Morgan fingerprint density at radius 1 is 1.52 bits per heavy atom. The summed E-state index contributed by atoms with van der Waals surface area (Å²) in [5.74, 6) is -1.88. The minimum atomic E-state index is -4.25. The van der Waals surface area contributed by atoms with E-state index in [0.29, 0.717) is 19.5 Å². The fourth-order valence-electron chi connectivity index (χ4n) is 2.45. The molecule has 1 aromatic heterocycles. The van der Waals surface area contributed by atoms with Crippen molar-refractivity contribution in [3.63, 3.8) is 0 Å². The Bertz CT molecular complexity index is 504. The Balaban J connectivity index is 2.10. The van der Waals surface area contributed by atoms with Gasteiger partial charge in [0.15, 0.2) is 0 Å². The topological polar surface area (TPSA) is 45.2 Å². The number of likely N-dealkylation sites (tertiary alicyclic amines) is 1. The van der Waals surface area contributed by atoms with Gasteiger partial charge in [-0.25, -0.2) is 0 Å². The van der Waals surface area contributed by atoms with Crippen LogP contribution in [0.1, 0.15) is 30.3 Å². The van der Waals surface area contributed by atoms with E-state index in [9.17, 15) is 18.0 Å². The molecule has 1 aliphatic heterocycles. The number of nitrogens with one attached hydrogen (secondary N) is 1. The molecule has 2 rings (SSSR count). The number of hydrogen-bond acceptors (Lipinski definition) is 3. The van der Waals surface area contributed by atoms with Gasteiger partial charge in [0.1, 0.15) is 5.69 Å². The number of amides is 1. The van der Waals surface area contributed by atoms with Gasteiger partial charge in [-0.2, -0.15) is 13.2 Å². The van der Waals surface area contributed by atoms with Crippen molar-refractivity contribution < 1.29 is 18.0 Å². The third-order valence-electron chi connectivity index (χ3n) is 3.53. The molecule has 1 atom stereocenters. The molecule has 1 N–H and O–H groups in total. The highest BCUT2D eigenvalue weighted by molar-refractivity contribution is 5.93. The van der Waals surface area contributed by atoms with Crippen LogP contribution in [0.3, 0.4) is 0 Å². The van der Waals surface area contributed by atoms with Gasteiger partial charge in [0.2, 0.25) is 0 Å². The summed E-state index contributed by atoms with van der Waals surface area (Å²) in [7, 11) is 0. The first-order valence-corrected chi connectivity index (χ1v) is 6.97. The second-order valence-electron chi connectivity index (χ2n) is 5.09. The molecule has 1 amide bonds. The summed E-state index contributed by atoms with van der Waals surface area (Å²) in [6.07, 6.45) is -2.32. The van der Waals surface area contributed by atoms with Crippen LogP contribution in [0.25, 0.3) is 0 Å². The molecule has 1 aliphatic rings. The number of hydrogen-bond donors (Lipinski definition) is 1.